The van der Waals surface area contributed by atoms with Crippen molar-refractivity contribution in [2.24, 2.45) is 0 Å². The topological polar surface area (TPSA) is 52.6 Å². The molecular weight excluding hydrogens is 380 g/mol. The molecule has 5 heteroatoms. The SMILES string of the molecule is O=C1c2ccccc2NC(c2cc(Br)ccc2O)N1c1ccccc1. The summed E-state index contributed by atoms with van der Waals surface area (Å²) >= 11 is 3.44. The summed E-state index contributed by atoms with van der Waals surface area (Å²) in [6, 6.07) is 22.1. The maximum atomic E-state index is 13.2. The average Bonchev–Trinajstić information content (AvgIpc) is 2.64. The Labute approximate surface area is 153 Å². The molecule has 3 aromatic carbocycles. The molecule has 0 bridgehead atoms. The average molecular weight is 395 g/mol. The summed E-state index contributed by atoms with van der Waals surface area (Å²) < 4.78 is 0.835. The molecule has 0 saturated heterocycles. The number of phenolic OH excluding ortho intramolecular Hbond substituents is 1. The van der Waals surface area contributed by atoms with Crippen LogP contribution in [-0.2, 0) is 0 Å². The van der Waals surface area contributed by atoms with Gasteiger partial charge in [0, 0.05) is 21.4 Å². The van der Waals surface area contributed by atoms with Gasteiger partial charge in [-0.15, -0.1) is 0 Å². The molecule has 1 heterocycles. The number of para-hydroxylation sites is 2. The molecular formula is C20H15BrN2O2. The van der Waals surface area contributed by atoms with Crippen molar-refractivity contribution in [1.82, 2.24) is 0 Å². The number of hydrogen-bond donors (Lipinski definition) is 2. The second-order valence-corrected chi connectivity index (χ2v) is 6.72. The standard InChI is InChI=1S/C20H15BrN2O2/c21-13-10-11-18(24)16(12-13)19-22-17-9-5-4-8-15(17)20(25)23(19)14-6-2-1-3-7-14/h1-12,19,22,24H. The van der Waals surface area contributed by atoms with Gasteiger partial charge in [-0.25, -0.2) is 0 Å². The van der Waals surface area contributed by atoms with Crippen LogP contribution in [0.2, 0.25) is 0 Å². The minimum atomic E-state index is -0.512. The Morgan fingerprint density at radius 2 is 1.68 bits per heavy atom. The predicted octanol–water partition coefficient (Wildman–Crippen LogP) is 4.93. The number of aromatic hydroxyl groups is 1. The fourth-order valence-corrected chi connectivity index (χ4v) is 3.45. The first kappa shape index (κ1) is 15.7. The van der Waals surface area contributed by atoms with Crippen molar-refractivity contribution in [3.05, 3.63) is 88.4 Å². The monoisotopic (exact) mass is 394 g/mol. The molecule has 1 aliphatic heterocycles. The van der Waals surface area contributed by atoms with Crippen LogP contribution in [0.5, 0.6) is 5.75 Å². The van der Waals surface area contributed by atoms with E-state index in [-0.39, 0.29) is 11.7 Å². The van der Waals surface area contributed by atoms with Gasteiger partial charge in [0.15, 0.2) is 0 Å². The summed E-state index contributed by atoms with van der Waals surface area (Å²) in [5.41, 5.74) is 2.75. The summed E-state index contributed by atoms with van der Waals surface area (Å²) in [6.45, 7) is 0. The Bertz CT molecular complexity index is 943. The Balaban J connectivity index is 1.91. The largest absolute Gasteiger partial charge is 0.508 e. The van der Waals surface area contributed by atoms with E-state index in [4.69, 9.17) is 0 Å². The van der Waals surface area contributed by atoms with Crippen LogP contribution in [0.3, 0.4) is 0 Å². The van der Waals surface area contributed by atoms with Crippen molar-refractivity contribution in [3.8, 4) is 5.75 Å². The van der Waals surface area contributed by atoms with Gasteiger partial charge in [0.05, 0.1) is 5.56 Å². The lowest BCUT2D eigenvalue weighted by Gasteiger charge is -2.38. The molecule has 124 valence electrons. The zero-order chi connectivity index (χ0) is 17.4. The minimum absolute atomic E-state index is 0.107. The summed E-state index contributed by atoms with van der Waals surface area (Å²) in [7, 11) is 0. The van der Waals surface area contributed by atoms with E-state index >= 15 is 0 Å². The zero-order valence-electron chi connectivity index (χ0n) is 13.2. The maximum Gasteiger partial charge on any atom is 0.262 e. The van der Waals surface area contributed by atoms with E-state index in [9.17, 15) is 9.90 Å². The maximum absolute atomic E-state index is 13.2. The lowest BCUT2D eigenvalue weighted by molar-refractivity contribution is 0.0974. The quantitative estimate of drug-likeness (QED) is 0.647. The Hall–Kier alpha value is -2.79. The first-order valence-electron chi connectivity index (χ1n) is 7.88. The molecule has 0 fully saturated rings. The third kappa shape index (κ3) is 2.76. The van der Waals surface area contributed by atoms with Gasteiger partial charge >= 0.3 is 0 Å². The summed E-state index contributed by atoms with van der Waals surface area (Å²) in [5, 5.41) is 13.8. The van der Waals surface area contributed by atoms with E-state index < -0.39 is 6.17 Å². The first-order chi connectivity index (χ1) is 12.1. The molecule has 0 aliphatic carbocycles. The molecule has 0 aromatic heterocycles. The second kappa shape index (κ2) is 6.26. The molecule has 0 spiro atoms. The highest BCUT2D eigenvalue weighted by molar-refractivity contribution is 9.10. The van der Waals surface area contributed by atoms with Gasteiger partial charge in [0.2, 0.25) is 0 Å². The highest BCUT2D eigenvalue weighted by atomic mass is 79.9. The number of carbonyl (C=O) groups excluding carboxylic acids is 1. The highest BCUT2D eigenvalue weighted by Crippen LogP contribution is 2.39. The molecule has 25 heavy (non-hydrogen) atoms. The molecule has 3 aromatic rings. The number of fused-ring (bicyclic) bond motifs is 1. The van der Waals surface area contributed by atoms with Crippen molar-refractivity contribution in [2.45, 2.75) is 6.17 Å². The number of hydrogen-bond acceptors (Lipinski definition) is 3. The number of benzene rings is 3. The van der Waals surface area contributed by atoms with Gasteiger partial charge in [0.25, 0.3) is 5.91 Å². The number of rotatable bonds is 2. The van der Waals surface area contributed by atoms with Crippen LogP contribution in [0.4, 0.5) is 11.4 Å². The van der Waals surface area contributed by atoms with Gasteiger partial charge < -0.3 is 10.4 Å². The van der Waals surface area contributed by atoms with Crippen LogP contribution in [-0.4, -0.2) is 11.0 Å². The van der Waals surface area contributed by atoms with Gasteiger partial charge in [-0.3, -0.25) is 9.69 Å². The fraction of sp³-hybridized carbons (Fsp3) is 0.0500. The number of amides is 1. The van der Waals surface area contributed by atoms with E-state index in [1.807, 2.05) is 54.6 Å². The minimum Gasteiger partial charge on any atom is -0.508 e. The molecule has 0 radical (unpaired) electrons. The Morgan fingerprint density at radius 3 is 2.48 bits per heavy atom. The van der Waals surface area contributed by atoms with Crippen molar-refractivity contribution in [1.29, 1.82) is 0 Å². The molecule has 0 saturated carbocycles. The predicted molar refractivity (Wildman–Crippen MR) is 102 cm³/mol. The van der Waals surface area contributed by atoms with Crippen molar-refractivity contribution in [3.63, 3.8) is 0 Å². The zero-order valence-corrected chi connectivity index (χ0v) is 14.8. The first-order valence-corrected chi connectivity index (χ1v) is 8.67. The fourth-order valence-electron chi connectivity index (χ4n) is 3.07. The number of anilines is 2. The molecule has 1 aliphatic rings. The van der Waals surface area contributed by atoms with Crippen LogP contribution in [0, 0.1) is 0 Å². The summed E-state index contributed by atoms with van der Waals surface area (Å²) in [4.78, 5) is 14.9. The van der Waals surface area contributed by atoms with E-state index in [1.165, 1.54) is 0 Å². The third-order valence-electron chi connectivity index (χ3n) is 4.25. The number of halogens is 1. The second-order valence-electron chi connectivity index (χ2n) is 5.81. The van der Waals surface area contributed by atoms with Crippen LogP contribution in [0.1, 0.15) is 22.1 Å². The molecule has 4 rings (SSSR count). The molecule has 1 amide bonds. The third-order valence-corrected chi connectivity index (χ3v) is 4.74. The number of nitrogens with one attached hydrogen (secondary N) is 1. The molecule has 4 nitrogen and oxygen atoms in total. The van der Waals surface area contributed by atoms with Crippen molar-refractivity contribution >= 4 is 33.2 Å². The van der Waals surface area contributed by atoms with Crippen molar-refractivity contribution in [2.75, 3.05) is 10.2 Å². The Morgan fingerprint density at radius 1 is 0.960 bits per heavy atom. The van der Waals surface area contributed by atoms with E-state index in [2.05, 4.69) is 21.2 Å². The van der Waals surface area contributed by atoms with Gasteiger partial charge in [0.1, 0.15) is 11.9 Å². The van der Waals surface area contributed by atoms with E-state index in [0.29, 0.717) is 11.1 Å². The lowest BCUT2D eigenvalue weighted by atomic mass is 10.0. The van der Waals surface area contributed by atoms with E-state index in [0.717, 1.165) is 15.8 Å². The van der Waals surface area contributed by atoms with Crippen LogP contribution < -0.4 is 10.2 Å². The van der Waals surface area contributed by atoms with Crippen LogP contribution in [0.25, 0.3) is 0 Å². The number of nitrogens with zero attached hydrogens (tertiary/aromatic N) is 1. The summed E-state index contributed by atoms with van der Waals surface area (Å²) in [6.07, 6.45) is -0.512. The van der Waals surface area contributed by atoms with Gasteiger partial charge in [-0.05, 0) is 42.5 Å². The highest BCUT2D eigenvalue weighted by Gasteiger charge is 2.35. The molecule has 1 unspecified atom stereocenters. The van der Waals surface area contributed by atoms with Crippen LogP contribution >= 0.6 is 15.9 Å². The number of carbonyl (C=O) groups is 1. The summed E-state index contributed by atoms with van der Waals surface area (Å²) in [5.74, 6) is 0.0266. The smallest absolute Gasteiger partial charge is 0.262 e. The van der Waals surface area contributed by atoms with Crippen molar-refractivity contribution < 1.29 is 9.90 Å². The van der Waals surface area contributed by atoms with Crippen LogP contribution in [0.15, 0.2) is 77.3 Å². The van der Waals surface area contributed by atoms with Gasteiger partial charge in [-0.1, -0.05) is 46.3 Å². The number of phenols is 1. The molecule has 2 N–H and O–H groups in total. The Kier molecular flexibility index (Phi) is 3.93. The van der Waals surface area contributed by atoms with Gasteiger partial charge in [-0.2, -0.15) is 0 Å². The van der Waals surface area contributed by atoms with E-state index in [1.54, 1.807) is 23.1 Å². The molecule has 1 atom stereocenters. The normalized spacial score (nSPS) is 16.3. The lowest BCUT2D eigenvalue weighted by Crippen LogP contribution is -2.43.